The smallest absolute Gasteiger partial charge is 0.261 e. The van der Waals surface area contributed by atoms with E-state index in [4.69, 9.17) is 0 Å². The third-order valence-electron chi connectivity index (χ3n) is 7.72. The van der Waals surface area contributed by atoms with Crippen molar-refractivity contribution < 1.29 is 29.6 Å². The van der Waals surface area contributed by atoms with Gasteiger partial charge in [0.05, 0.1) is 11.8 Å². The van der Waals surface area contributed by atoms with Gasteiger partial charge < -0.3 is 0 Å². The molecule has 0 spiro atoms. The van der Waals surface area contributed by atoms with Gasteiger partial charge in [-0.3, -0.25) is 29.6 Å². The third-order valence-corrected chi connectivity index (χ3v) is 7.72. The van der Waals surface area contributed by atoms with E-state index < -0.39 is 35.5 Å². The molecule has 0 radical (unpaired) electrons. The zero-order valence-corrected chi connectivity index (χ0v) is 18.8. The Labute approximate surface area is 203 Å². The molecule has 0 saturated carbocycles. The minimum atomic E-state index is -0.751. The highest BCUT2D eigenvalue weighted by atomic mass is 16.5. The van der Waals surface area contributed by atoms with Crippen LogP contribution in [0.25, 0.3) is 43.1 Å². The van der Waals surface area contributed by atoms with Gasteiger partial charge in [-0.25, -0.2) is 0 Å². The zero-order chi connectivity index (χ0) is 24.9. The fraction of sp³-hybridized carbons (Fsp3) is 0.143. The van der Waals surface area contributed by atoms with E-state index in [1.165, 1.54) is 0 Å². The largest absolute Gasteiger partial charge is 0.278 e. The Hall–Kier alpha value is -4.40. The summed E-state index contributed by atoms with van der Waals surface area (Å²) in [6, 6.07) is 19.2. The molecule has 7 rings (SSSR count). The molecule has 8 heteroatoms. The standard InChI is InChI=1S/C28H18N2O6/c31-23-11-21(27(33)29(23)35)13-7-9-19-20-10-8-14(22-12-24(32)30(36)28(22)34)16-4-2-6-18(26(16)20)17-5-1-3-15(13)25(17)19/h1-10,21-22,35-36H,11-12H2. The second-order valence-corrected chi connectivity index (χ2v) is 9.46. The molecular formula is C28H18N2O6. The second kappa shape index (κ2) is 7.07. The van der Waals surface area contributed by atoms with Crippen LogP contribution in [0.3, 0.4) is 0 Å². The Bertz CT molecular complexity index is 1670. The average Bonchev–Trinajstić information content (AvgIpc) is 3.30. The molecule has 2 aliphatic rings. The molecule has 176 valence electrons. The number of benzene rings is 5. The van der Waals surface area contributed by atoms with Crippen LogP contribution in [0.4, 0.5) is 0 Å². The summed E-state index contributed by atoms with van der Waals surface area (Å²) in [5, 5.41) is 27.4. The number of amides is 4. The van der Waals surface area contributed by atoms with Crippen molar-refractivity contribution in [2.45, 2.75) is 24.7 Å². The van der Waals surface area contributed by atoms with Crippen LogP contribution in [0.1, 0.15) is 35.8 Å². The van der Waals surface area contributed by atoms with E-state index in [0.29, 0.717) is 11.1 Å². The number of hydrogen-bond acceptors (Lipinski definition) is 6. The van der Waals surface area contributed by atoms with Crippen molar-refractivity contribution in [1.29, 1.82) is 0 Å². The summed E-state index contributed by atoms with van der Waals surface area (Å²) in [4.78, 5) is 49.2. The molecule has 5 aromatic carbocycles. The van der Waals surface area contributed by atoms with Gasteiger partial charge in [0.2, 0.25) is 0 Å². The third kappa shape index (κ3) is 2.54. The second-order valence-electron chi connectivity index (χ2n) is 9.46. The van der Waals surface area contributed by atoms with Crippen LogP contribution in [-0.2, 0) is 19.2 Å². The van der Waals surface area contributed by atoms with Crippen molar-refractivity contribution in [1.82, 2.24) is 10.1 Å². The molecule has 2 fully saturated rings. The first-order chi connectivity index (χ1) is 17.4. The Morgan fingerprint density at radius 2 is 0.889 bits per heavy atom. The van der Waals surface area contributed by atoms with Crippen LogP contribution in [-0.4, -0.2) is 44.2 Å². The molecule has 5 aromatic rings. The first-order valence-corrected chi connectivity index (χ1v) is 11.6. The molecule has 2 aliphatic heterocycles. The molecule has 36 heavy (non-hydrogen) atoms. The van der Waals surface area contributed by atoms with Crippen LogP contribution in [0.2, 0.25) is 0 Å². The van der Waals surface area contributed by atoms with Crippen molar-refractivity contribution in [2.24, 2.45) is 0 Å². The molecule has 0 bridgehead atoms. The van der Waals surface area contributed by atoms with Crippen molar-refractivity contribution >= 4 is 66.7 Å². The van der Waals surface area contributed by atoms with Crippen molar-refractivity contribution in [3.8, 4) is 0 Å². The van der Waals surface area contributed by atoms with Crippen LogP contribution < -0.4 is 0 Å². The highest BCUT2D eigenvalue weighted by Crippen LogP contribution is 2.45. The summed E-state index contributed by atoms with van der Waals surface area (Å²) in [7, 11) is 0. The quantitative estimate of drug-likeness (QED) is 0.170. The Balaban J connectivity index is 1.54. The topological polar surface area (TPSA) is 115 Å². The summed E-state index contributed by atoms with van der Waals surface area (Å²) in [5.41, 5.74) is 1.38. The lowest BCUT2D eigenvalue weighted by Crippen LogP contribution is -2.26. The fourth-order valence-electron chi connectivity index (χ4n) is 6.09. The molecule has 2 saturated heterocycles. The maximum Gasteiger partial charge on any atom is 0.261 e. The van der Waals surface area contributed by atoms with Gasteiger partial charge in [-0.15, -0.1) is 0 Å². The van der Waals surface area contributed by atoms with Gasteiger partial charge in [-0.1, -0.05) is 60.7 Å². The molecule has 2 heterocycles. The molecule has 4 amide bonds. The lowest BCUT2D eigenvalue weighted by molar-refractivity contribution is -0.172. The Morgan fingerprint density at radius 1 is 0.528 bits per heavy atom. The number of nitrogens with zero attached hydrogens (tertiary/aromatic N) is 2. The Kier molecular flexibility index (Phi) is 4.11. The summed E-state index contributed by atoms with van der Waals surface area (Å²) in [5.74, 6) is -3.99. The number of rotatable bonds is 2. The monoisotopic (exact) mass is 478 g/mol. The number of fused-ring (bicyclic) bond motifs is 2. The molecule has 0 aliphatic carbocycles. The van der Waals surface area contributed by atoms with Gasteiger partial charge in [0, 0.05) is 12.8 Å². The molecule has 0 aromatic heterocycles. The van der Waals surface area contributed by atoms with E-state index in [2.05, 4.69) is 0 Å². The molecule has 8 nitrogen and oxygen atoms in total. The number of carbonyl (C=O) groups excluding carboxylic acids is 4. The highest BCUT2D eigenvalue weighted by molar-refractivity contribution is 6.34. The van der Waals surface area contributed by atoms with E-state index in [1.807, 2.05) is 60.7 Å². The van der Waals surface area contributed by atoms with Crippen molar-refractivity contribution in [3.05, 3.63) is 71.8 Å². The van der Waals surface area contributed by atoms with Gasteiger partial charge in [-0.05, 0) is 54.2 Å². The number of hydroxylamine groups is 4. The Morgan fingerprint density at radius 3 is 1.25 bits per heavy atom. The fourth-order valence-corrected chi connectivity index (χ4v) is 6.09. The van der Waals surface area contributed by atoms with Crippen LogP contribution in [0, 0.1) is 0 Å². The number of carbonyl (C=O) groups is 4. The van der Waals surface area contributed by atoms with Crippen LogP contribution in [0.5, 0.6) is 0 Å². The molecule has 2 atom stereocenters. The molecular weight excluding hydrogens is 460 g/mol. The SMILES string of the molecule is O=C1CC(c2ccc3c4ccc(C5CC(=O)N(O)C5=O)c5cccc(c6cccc2c63)c54)C(=O)N1O. The number of hydrogen-bond donors (Lipinski definition) is 2. The lowest BCUT2D eigenvalue weighted by Gasteiger charge is -2.20. The average molecular weight is 478 g/mol. The van der Waals surface area contributed by atoms with Crippen molar-refractivity contribution in [3.63, 3.8) is 0 Å². The van der Waals surface area contributed by atoms with Gasteiger partial charge in [0.25, 0.3) is 23.6 Å². The minimum absolute atomic E-state index is 0.0838. The maximum absolute atomic E-state index is 12.6. The lowest BCUT2D eigenvalue weighted by atomic mass is 9.83. The predicted molar refractivity (Wildman–Crippen MR) is 130 cm³/mol. The van der Waals surface area contributed by atoms with Gasteiger partial charge in [0.1, 0.15) is 0 Å². The summed E-state index contributed by atoms with van der Waals surface area (Å²) in [6.45, 7) is 0. The first kappa shape index (κ1) is 20.9. The summed E-state index contributed by atoms with van der Waals surface area (Å²) >= 11 is 0. The first-order valence-electron chi connectivity index (χ1n) is 11.6. The van der Waals surface area contributed by atoms with Gasteiger partial charge >= 0.3 is 0 Å². The van der Waals surface area contributed by atoms with Crippen LogP contribution in [0.15, 0.2) is 60.7 Å². The van der Waals surface area contributed by atoms with Crippen LogP contribution >= 0.6 is 0 Å². The zero-order valence-electron chi connectivity index (χ0n) is 18.8. The van der Waals surface area contributed by atoms with E-state index in [1.54, 1.807) is 0 Å². The molecule has 2 unspecified atom stereocenters. The maximum atomic E-state index is 12.6. The van der Waals surface area contributed by atoms with E-state index in [0.717, 1.165) is 43.1 Å². The van der Waals surface area contributed by atoms with Crippen molar-refractivity contribution in [2.75, 3.05) is 0 Å². The van der Waals surface area contributed by atoms with Gasteiger partial charge in [-0.2, -0.15) is 10.1 Å². The van der Waals surface area contributed by atoms with E-state index in [-0.39, 0.29) is 23.0 Å². The molecule has 2 N–H and O–H groups in total. The minimum Gasteiger partial charge on any atom is -0.278 e. The van der Waals surface area contributed by atoms with E-state index in [9.17, 15) is 29.6 Å². The highest BCUT2D eigenvalue weighted by Gasteiger charge is 2.41. The van der Waals surface area contributed by atoms with E-state index >= 15 is 0 Å². The summed E-state index contributed by atoms with van der Waals surface area (Å²) in [6.07, 6.45) is -0.168. The number of imide groups is 2. The normalized spacial score (nSPS) is 20.9. The van der Waals surface area contributed by atoms with Gasteiger partial charge in [0.15, 0.2) is 0 Å². The summed E-state index contributed by atoms with van der Waals surface area (Å²) < 4.78 is 0. The predicted octanol–water partition coefficient (Wildman–Crippen LogP) is 4.20.